The Bertz CT molecular complexity index is 236. The van der Waals surface area contributed by atoms with Gasteiger partial charge in [-0.15, -0.1) is 0 Å². The van der Waals surface area contributed by atoms with Crippen LogP contribution in [0.4, 0.5) is 0 Å². The molecule has 0 aliphatic carbocycles. The second kappa shape index (κ2) is 5.67. The lowest BCUT2D eigenvalue weighted by molar-refractivity contribution is -0.134. The number of nitrogens with zero attached hydrogens (tertiary/aromatic N) is 1. The summed E-state index contributed by atoms with van der Waals surface area (Å²) in [6.07, 6.45) is 4.13. The van der Waals surface area contributed by atoms with Crippen LogP contribution in [0.2, 0.25) is 0 Å². The van der Waals surface area contributed by atoms with Crippen LogP contribution < -0.4 is 5.32 Å². The Morgan fingerprint density at radius 3 is 2.50 bits per heavy atom. The van der Waals surface area contributed by atoms with Crippen molar-refractivity contribution < 1.29 is 4.79 Å². The SMILES string of the molecule is CCCNC1CCN(C(C)(CC)CC)C1=O. The molecule has 1 N–H and O–H groups in total. The molecule has 1 aliphatic heterocycles. The van der Waals surface area contributed by atoms with Crippen molar-refractivity contribution in [3.05, 3.63) is 0 Å². The molecule has 0 bridgehead atoms. The molecule has 1 unspecified atom stereocenters. The van der Waals surface area contributed by atoms with Gasteiger partial charge in [-0.1, -0.05) is 20.8 Å². The molecule has 0 radical (unpaired) electrons. The van der Waals surface area contributed by atoms with Gasteiger partial charge in [0.15, 0.2) is 0 Å². The third kappa shape index (κ3) is 2.57. The summed E-state index contributed by atoms with van der Waals surface area (Å²) in [4.78, 5) is 14.3. The normalized spacial score (nSPS) is 21.9. The van der Waals surface area contributed by atoms with Crippen molar-refractivity contribution in [2.24, 2.45) is 0 Å². The molecule has 1 aliphatic rings. The van der Waals surface area contributed by atoms with Crippen molar-refractivity contribution in [1.29, 1.82) is 0 Å². The van der Waals surface area contributed by atoms with E-state index in [1.165, 1.54) is 0 Å². The van der Waals surface area contributed by atoms with Crippen LogP contribution in [-0.2, 0) is 4.79 Å². The van der Waals surface area contributed by atoms with Gasteiger partial charge in [-0.3, -0.25) is 4.79 Å². The average molecular weight is 226 g/mol. The van der Waals surface area contributed by atoms with Gasteiger partial charge in [-0.2, -0.15) is 0 Å². The van der Waals surface area contributed by atoms with Crippen molar-refractivity contribution in [3.8, 4) is 0 Å². The van der Waals surface area contributed by atoms with Gasteiger partial charge in [0.05, 0.1) is 6.04 Å². The van der Waals surface area contributed by atoms with E-state index in [9.17, 15) is 4.79 Å². The highest BCUT2D eigenvalue weighted by Crippen LogP contribution is 2.28. The lowest BCUT2D eigenvalue weighted by atomic mass is 9.93. The monoisotopic (exact) mass is 226 g/mol. The molecule has 1 heterocycles. The molecular weight excluding hydrogens is 200 g/mol. The van der Waals surface area contributed by atoms with Gasteiger partial charge in [0.2, 0.25) is 5.91 Å². The fourth-order valence-electron chi connectivity index (χ4n) is 2.36. The molecule has 1 fully saturated rings. The molecule has 0 saturated carbocycles. The number of rotatable bonds is 6. The fraction of sp³-hybridized carbons (Fsp3) is 0.923. The van der Waals surface area contributed by atoms with Crippen molar-refractivity contribution in [1.82, 2.24) is 10.2 Å². The summed E-state index contributed by atoms with van der Waals surface area (Å²) in [5.74, 6) is 0.305. The standard InChI is InChI=1S/C13H26N2O/c1-5-9-14-11-8-10-15(12(11)16)13(4,6-2)7-3/h11,14H,5-10H2,1-4H3. The minimum atomic E-state index is 0.0553. The molecule has 94 valence electrons. The minimum absolute atomic E-state index is 0.0553. The molecule has 1 rings (SSSR count). The maximum absolute atomic E-state index is 12.2. The van der Waals surface area contributed by atoms with E-state index < -0.39 is 0 Å². The third-order valence-electron chi connectivity index (χ3n) is 4.02. The highest BCUT2D eigenvalue weighted by atomic mass is 16.2. The smallest absolute Gasteiger partial charge is 0.240 e. The highest BCUT2D eigenvalue weighted by Gasteiger charge is 2.40. The van der Waals surface area contributed by atoms with E-state index in [1.54, 1.807) is 0 Å². The molecular formula is C13H26N2O. The van der Waals surface area contributed by atoms with E-state index in [-0.39, 0.29) is 11.6 Å². The van der Waals surface area contributed by atoms with Gasteiger partial charge in [-0.05, 0) is 39.2 Å². The first-order valence-electron chi connectivity index (χ1n) is 6.64. The van der Waals surface area contributed by atoms with Crippen molar-refractivity contribution in [2.75, 3.05) is 13.1 Å². The van der Waals surface area contributed by atoms with E-state index in [2.05, 4.69) is 37.9 Å². The van der Waals surface area contributed by atoms with Gasteiger partial charge in [0.25, 0.3) is 0 Å². The second-order valence-corrected chi connectivity index (χ2v) is 4.99. The van der Waals surface area contributed by atoms with Gasteiger partial charge >= 0.3 is 0 Å². The van der Waals surface area contributed by atoms with Crippen LogP contribution in [-0.4, -0.2) is 35.5 Å². The molecule has 1 saturated heterocycles. The number of amides is 1. The number of likely N-dealkylation sites (tertiary alicyclic amines) is 1. The Kier molecular flexibility index (Phi) is 4.78. The maximum Gasteiger partial charge on any atom is 0.240 e. The van der Waals surface area contributed by atoms with Gasteiger partial charge < -0.3 is 10.2 Å². The Hall–Kier alpha value is -0.570. The van der Waals surface area contributed by atoms with Crippen LogP contribution >= 0.6 is 0 Å². The van der Waals surface area contributed by atoms with Gasteiger partial charge in [0.1, 0.15) is 0 Å². The van der Waals surface area contributed by atoms with Crippen LogP contribution in [0.25, 0.3) is 0 Å². The van der Waals surface area contributed by atoms with Crippen molar-refractivity contribution in [3.63, 3.8) is 0 Å². The summed E-state index contributed by atoms with van der Waals surface area (Å²) in [7, 11) is 0. The first kappa shape index (κ1) is 13.5. The van der Waals surface area contributed by atoms with Crippen LogP contribution in [0.15, 0.2) is 0 Å². The zero-order valence-electron chi connectivity index (χ0n) is 11.2. The fourth-order valence-corrected chi connectivity index (χ4v) is 2.36. The maximum atomic E-state index is 12.2. The zero-order chi connectivity index (χ0) is 12.2. The third-order valence-corrected chi connectivity index (χ3v) is 4.02. The number of hydrogen-bond donors (Lipinski definition) is 1. The Balaban J connectivity index is 2.62. The quantitative estimate of drug-likeness (QED) is 0.753. The summed E-state index contributed by atoms with van der Waals surface area (Å²) in [5, 5.41) is 3.34. The van der Waals surface area contributed by atoms with E-state index in [0.29, 0.717) is 5.91 Å². The van der Waals surface area contributed by atoms with E-state index in [0.717, 1.165) is 38.8 Å². The second-order valence-electron chi connectivity index (χ2n) is 4.99. The largest absolute Gasteiger partial charge is 0.336 e. The predicted octanol–water partition coefficient (Wildman–Crippen LogP) is 2.17. The summed E-state index contributed by atoms with van der Waals surface area (Å²) >= 11 is 0. The first-order chi connectivity index (χ1) is 7.59. The average Bonchev–Trinajstić information content (AvgIpc) is 2.67. The molecule has 0 aromatic rings. The predicted molar refractivity (Wildman–Crippen MR) is 67.4 cm³/mol. The molecule has 3 nitrogen and oxygen atoms in total. The molecule has 16 heavy (non-hydrogen) atoms. The molecule has 0 spiro atoms. The lowest BCUT2D eigenvalue weighted by Crippen LogP contribution is -2.49. The van der Waals surface area contributed by atoms with E-state index >= 15 is 0 Å². The molecule has 1 amide bonds. The molecule has 0 aromatic heterocycles. The van der Waals surface area contributed by atoms with E-state index in [1.807, 2.05) is 0 Å². The zero-order valence-corrected chi connectivity index (χ0v) is 11.2. The van der Waals surface area contributed by atoms with Crippen molar-refractivity contribution in [2.45, 2.75) is 65.0 Å². The highest BCUT2D eigenvalue weighted by molar-refractivity contribution is 5.84. The van der Waals surface area contributed by atoms with Gasteiger partial charge in [-0.25, -0.2) is 0 Å². The topological polar surface area (TPSA) is 32.3 Å². The summed E-state index contributed by atoms with van der Waals surface area (Å²) in [5.41, 5.74) is 0.0553. The summed E-state index contributed by atoms with van der Waals surface area (Å²) in [6, 6.07) is 0.0670. The van der Waals surface area contributed by atoms with Crippen LogP contribution in [0.1, 0.15) is 53.4 Å². The van der Waals surface area contributed by atoms with Gasteiger partial charge in [0, 0.05) is 12.1 Å². The summed E-state index contributed by atoms with van der Waals surface area (Å²) in [6.45, 7) is 10.5. The molecule has 1 atom stereocenters. The minimum Gasteiger partial charge on any atom is -0.336 e. The van der Waals surface area contributed by atoms with Crippen molar-refractivity contribution >= 4 is 5.91 Å². The Morgan fingerprint density at radius 1 is 1.38 bits per heavy atom. The molecule has 0 aromatic carbocycles. The molecule has 3 heteroatoms. The van der Waals surface area contributed by atoms with E-state index in [4.69, 9.17) is 0 Å². The Morgan fingerprint density at radius 2 is 2.00 bits per heavy atom. The van der Waals surface area contributed by atoms with Crippen LogP contribution in [0, 0.1) is 0 Å². The number of nitrogens with one attached hydrogen (secondary N) is 1. The van der Waals surface area contributed by atoms with Crippen LogP contribution in [0.3, 0.4) is 0 Å². The Labute approximate surface area is 99.6 Å². The first-order valence-corrected chi connectivity index (χ1v) is 6.64. The number of hydrogen-bond acceptors (Lipinski definition) is 2. The lowest BCUT2D eigenvalue weighted by Gasteiger charge is -2.37. The number of carbonyl (C=O) groups is 1. The summed E-state index contributed by atoms with van der Waals surface area (Å²) < 4.78 is 0. The number of carbonyl (C=O) groups excluding carboxylic acids is 1. The van der Waals surface area contributed by atoms with Crippen LogP contribution in [0.5, 0.6) is 0 Å².